The van der Waals surface area contributed by atoms with E-state index in [1.165, 1.54) is 0 Å². The molecule has 1 aliphatic heterocycles. The van der Waals surface area contributed by atoms with E-state index in [0.29, 0.717) is 24.3 Å². The van der Waals surface area contributed by atoms with Crippen molar-refractivity contribution in [2.24, 2.45) is 0 Å². The van der Waals surface area contributed by atoms with Gasteiger partial charge in [0.1, 0.15) is 5.69 Å². The molecule has 1 aromatic carbocycles. The number of aromatic nitrogens is 2. The zero-order chi connectivity index (χ0) is 21.0. The highest BCUT2D eigenvalue weighted by Gasteiger charge is 2.28. The van der Waals surface area contributed by atoms with Gasteiger partial charge < -0.3 is 19.9 Å². The Bertz CT molecular complexity index is 933. The first-order valence-corrected chi connectivity index (χ1v) is 9.90. The number of amides is 2. The Morgan fingerprint density at radius 3 is 2.66 bits per heavy atom. The van der Waals surface area contributed by atoms with Gasteiger partial charge in [-0.05, 0) is 52.2 Å². The van der Waals surface area contributed by atoms with Gasteiger partial charge in [0.2, 0.25) is 0 Å². The molecule has 1 aliphatic rings. The molecule has 8 nitrogen and oxygen atoms in total. The van der Waals surface area contributed by atoms with Gasteiger partial charge >= 0.3 is 5.97 Å². The molecule has 2 aromatic rings. The normalized spacial score (nSPS) is 13.0. The topological polar surface area (TPSA) is 102 Å². The molecular weight excluding hydrogens is 372 g/mol. The van der Waals surface area contributed by atoms with E-state index in [1.807, 2.05) is 13.8 Å². The molecule has 0 radical (unpaired) electrons. The summed E-state index contributed by atoms with van der Waals surface area (Å²) in [6, 6.07) is 6.62. The number of hydrogen-bond donors (Lipinski definition) is 2. The second-order valence-corrected chi connectivity index (χ2v) is 7.19. The molecule has 2 N–H and O–H groups in total. The highest BCUT2D eigenvalue weighted by atomic mass is 16.5. The first-order valence-electron chi connectivity index (χ1n) is 9.90. The van der Waals surface area contributed by atoms with Crippen LogP contribution in [0, 0.1) is 0 Å². The number of fused-ring (bicyclic) bond motifs is 1. The Morgan fingerprint density at radius 1 is 1.17 bits per heavy atom. The number of para-hydroxylation sites is 1. The number of ether oxygens (including phenoxy) is 1. The number of carbonyl (C=O) groups is 3. The van der Waals surface area contributed by atoms with Crippen LogP contribution in [0.3, 0.4) is 0 Å². The van der Waals surface area contributed by atoms with Crippen molar-refractivity contribution in [2.45, 2.75) is 52.6 Å². The van der Waals surface area contributed by atoms with E-state index in [1.54, 1.807) is 35.8 Å². The van der Waals surface area contributed by atoms with Gasteiger partial charge in [-0.1, -0.05) is 12.1 Å². The van der Waals surface area contributed by atoms with Gasteiger partial charge in [-0.2, -0.15) is 0 Å². The highest BCUT2D eigenvalue weighted by molar-refractivity contribution is 6.07. The van der Waals surface area contributed by atoms with Gasteiger partial charge in [0.25, 0.3) is 11.8 Å². The summed E-state index contributed by atoms with van der Waals surface area (Å²) in [6.07, 6.45) is 2.55. The van der Waals surface area contributed by atoms with Crippen molar-refractivity contribution in [3.8, 4) is 0 Å². The van der Waals surface area contributed by atoms with Crippen molar-refractivity contribution >= 4 is 23.5 Å². The van der Waals surface area contributed by atoms with Crippen molar-refractivity contribution in [1.82, 2.24) is 14.9 Å². The molecule has 0 saturated carbocycles. The summed E-state index contributed by atoms with van der Waals surface area (Å²) in [6.45, 7) is 6.34. The van der Waals surface area contributed by atoms with Crippen LogP contribution in [0.4, 0.5) is 5.69 Å². The van der Waals surface area contributed by atoms with Crippen LogP contribution in [0.5, 0.6) is 0 Å². The van der Waals surface area contributed by atoms with Crippen molar-refractivity contribution in [2.75, 3.05) is 11.9 Å². The number of benzene rings is 1. The van der Waals surface area contributed by atoms with E-state index in [9.17, 15) is 14.4 Å². The number of nitrogens with zero attached hydrogens (tertiary/aromatic N) is 2. The Kier molecular flexibility index (Phi) is 6.31. The van der Waals surface area contributed by atoms with Crippen LogP contribution >= 0.6 is 0 Å². The minimum atomic E-state index is -0.509. The van der Waals surface area contributed by atoms with Gasteiger partial charge in [0, 0.05) is 12.6 Å². The minimum absolute atomic E-state index is 0.0304. The summed E-state index contributed by atoms with van der Waals surface area (Å²) in [5.74, 6) is -1.08. The fraction of sp³-hybridized carbons (Fsp3) is 0.429. The van der Waals surface area contributed by atoms with Crippen LogP contribution in [0.2, 0.25) is 0 Å². The molecule has 0 unspecified atom stereocenters. The summed E-state index contributed by atoms with van der Waals surface area (Å²) in [5.41, 5.74) is 1.68. The quantitative estimate of drug-likeness (QED) is 0.729. The third-order valence-corrected chi connectivity index (χ3v) is 4.63. The van der Waals surface area contributed by atoms with Gasteiger partial charge in [-0.25, -0.2) is 9.78 Å². The van der Waals surface area contributed by atoms with Crippen LogP contribution in [-0.2, 0) is 17.7 Å². The molecule has 1 aromatic heterocycles. The maximum Gasteiger partial charge on any atom is 0.340 e. The summed E-state index contributed by atoms with van der Waals surface area (Å²) in [5, 5.41) is 5.60. The van der Waals surface area contributed by atoms with E-state index >= 15 is 0 Å². The van der Waals surface area contributed by atoms with Crippen LogP contribution in [0.15, 0.2) is 24.3 Å². The SMILES string of the molecule is CCOC(=O)c1ccccc1NC(=O)c1nc(C(=O)NC(C)C)c2n1CCCC2. The van der Waals surface area contributed by atoms with E-state index in [2.05, 4.69) is 15.6 Å². The molecule has 29 heavy (non-hydrogen) atoms. The first-order chi connectivity index (χ1) is 13.9. The summed E-state index contributed by atoms with van der Waals surface area (Å²) < 4.78 is 6.86. The highest BCUT2D eigenvalue weighted by Crippen LogP contribution is 2.23. The predicted octanol–water partition coefficient (Wildman–Crippen LogP) is 2.79. The molecule has 0 bridgehead atoms. The number of hydrogen-bond acceptors (Lipinski definition) is 5. The lowest BCUT2D eigenvalue weighted by Gasteiger charge is -2.17. The third kappa shape index (κ3) is 4.47. The minimum Gasteiger partial charge on any atom is -0.462 e. The Balaban J connectivity index is 1.92. The van der Waals surface area contributed by atoms with E-state index < -0.39 is 11.9 Å². The number of rotatable bonds is 6. The Hall–Kier alpha value is -3.16. The van der Waals surface area contributed by atoms with E-state index in [4.69, 9.17) is 4.74 Å². The molecule has 154 valence electrons. The molecular formula is C21H26N4O4. The molecule has 0 fully saturated rings. The summed E-state index contributed by atoms with van der Waals surface area (Å²) >= 11 is 0. The van der Waals surface area contributed by atoms with Crippen LogP contribution in [0.25, 0.3) is 0 Å². The number of nitrogens with one attached hydrogen (secondary N) is 2. The average Bonchev–Trinajstić information content (AvgIpc) is 3.08. The van der Waals surface area contributed by atoms with Gasteiger partial charge in [0.05, 0.1) is 23.6 Å². The van der Waals surface area contributed by atoms with Gasteiger partial charge in [-0.15, -0.1) is 0 Å². The van der Waals surface area contributed by atoms with Crippen LogP contribution < -0.4 is 10.6 Å². The molecule has 0 atom stereocenters. The van der Waals surface area contributed by atoms with Crippen molar-refractivity contribution in [1.29, 1.82) is 0 Å². The molecule has 0 saturated heterocycles. The largest absolute Gasteiger partial charge is 0.462 e. The second-order valence-electron chi connectivity index (χ2n) is 7.19. The van der Waals surface area contributed by atoms with Gasteiger partial charge in [0.15, 0.2) is 5.82 Å². The number of carbonyl (C=O) groups excluding carboxylic acids is 3. The summed E-state index contributed by atoms with van der Waals surface area (Å²) in [4.78, 5) is 42.1. The molecule has 0 aliphatic carbocycles. The van der Waals surface area contributed by atoms with Crippen LogP contribution in [0.1, 0.15) is 70.8 Å². The monoisotopic (exact) mass is 398 g/mol. The Labute approximate surface area is 169 Å². The maximum atomic E-state index is 13.0. The fourth-order valence-electron chi connectivity index (χ4n) is 3.39. The van der Waals surface area contributed by atoms with Crippen molar-refractivity contribution in [3.63, 3.8) is 0 Å². The van der Waals surface area contributed by atoms with E-state index in [0.717, 1.165) is 18.5 Å². The fourth-order valence-corrected chi connectivity index (χ4v) is 3.39. The van der Waals surface area contributed by atoms with Crippen LogP contribution in [-0.4, -0.2) is 40.0 Å². The lowest BCUT2D eigenvalue weighted by atomic mass is 10.1. The third-order valence-electron chi connectivity index (χ3n) is 4.63. The molecule has 8 heteroatoms. The summed E-state index contributed by atoms with van der Waals surface area (Å²) in [7, 11) is 0. The first kappa shape index (κ1) is 20.6. The molecule has 3 rings (SSSR count). The molecule has 2 amide bonds. The lowest BCUT2D eigenvalue weighted by Crippen LogP contribution is -2.31. The number of anilines is 1. The van der Waals surface area contributed by atoms with Crippen molar-refractivity contribution < 1.29 is 19.1 Å². The van der Waals surface area contributed by atoms with Crippen molar-refractivity contribution in [3.05, 3.63) is 47.0 Å². The molecule has 2 heterocycles. The lowest BCUT2D eigenvalue weighted by molar-refractivity contribution is 0.0527. The van der Waals surface area contributed by atoms with E-state index in [-0.39, 0.29) is 29.9 Å². The number of esters is 1. The smallest absolute Gasteiger partial charge is 0.340 e. The zero-order valence-corrected chi connectivity index (χ0v) is 16.9. The second kappa shape index (κ2) is 8.89. The van der Waals surface area contributed by atoms with Gasteiger partial charge in [-0.3, -0.25) is 9.59 Å². The number of imidazole rings is 1. The Morgan fingerprint density at radius 2 is 1.93 bits per heavy atom. The standard InChI is InChI=1S/C21H26N4O4/c1-4-29-21(28)14-9-5-6-10-15(14)23-20(27)18-24-17(19(26)22-13(2)3)16-11-7-8-12-25(16)18/h5-6,9-10,13H,4,7-8,11-12H2,1-3H3,(H,22,26)(H,23,27). The molecule has 0 spiro atoms. The average molecular weight is 398 g/mol. The zero-order valence-electron chi connectivity index (χ0n) is 16.9. The predicted molar refractivity (Wildman–Crippen MR) is 108 cm³/mol. The maximum absolute atomic E-state index is 13.0.